The van der Waals surface area contributed by atoms with Crippen molar-refractivity contribution in [1.82, 2.24) is 9.97 Å². The third kappa shape index (κ3) is 4.13. The topological polar surface area (TPSA) is 63.1 Å². The van der Waals surface area contributed by atoms with Gasteiger partial charge in [0.15, 0.2) is 0 Å². The molecule has 94 valence electrons. The molecular weight excluding hydrogens is 216 g/mol. The molecule has 0 aromatic carbocycles. The van der Waals surface area contributed by atoms with Crippen LogP contribution in [0.25, 0.3) is 0 Å². The predicted molar refractivity (Wildman–Crippen MR) is 66.1 cm³/mol. The number of carboxylic acids is 1. The number of rotatable bonds is 4. The van der Waals surface area contributed by atoms with E-state index in [1.165, 1.54) is 6.20 Å². The van der Waals surface area contributed by atoms with Gasteiger partial charge in [0, 0.05) is 12.6 Å². The molecule has 17 heavy (non-hydrogen) atoms. The first-order valence-corrected chi connectivity index (χ1v) is 5.91. The Labute approximate surface area is 102 Å². The monoisotopic (exact) mass is 236 g/mol. The molecule has 0 saturated heterocycles. The Hall–Kier alpha value is -1.45. The van der Waals surface area contributed by atoms with Gasteiger partial charge in [-0.25, -0.2) is 14.8 Å². The van der Waals surface area contributed by atoms with Crippen LogP contribution in [0.4, 0.5) is 0 Å². The van der Waals surface area contributed by atoms with Crippen LogP contribution < -0.4 is 0 Å². The van der Waals surface area contributed by atoms with E-state index in [1.54, 1.807) is 0 Å². The van der Waals surface area contributed by atoms with E-state index in [1.807, 2.05) is 6.92 Å². The lowest BCUT2D eigenvalue weighted by Crippen LogP contribution is -2.15. The summed E-state index contributed by atoms with van der Waals surface area (Å²) in [6.45, 7) is 8.35. The van der Waals surface area contributed by atoms with Crippen molar-refractivity contribution >= 4 is 5.97 Å². The van der Waals surface area contributed by atoms with Gasteiger partial charge in [-0.3, -0.25) is 0 Å². The zero-order chi connectivity index (χ0) is 13.1. The van der Waals surface area contributed by atoms with Crippen molar-refractivity contribution in [2.75, 3.05) is 0 Å². The van der Waals surface area contributed by atoms with E-state index < -0.39 is 5.97 Å². The van der Waals surface area contributed by atoms with Crippen LogP contribution in [-0.2, 0) is 12.8 Å². The van der Waals surface area contributed by atoms with Gasteiger partial charge < -0.3 is 5.11 Å². The minimum atomic E-state index is -0.948. The molecule has 0 atom stereocenters. The summed E-state index contributed by atoms with van der Waals surface area (Å²) in [6.07, 6.45) is 3.75. The smallest absolute Gasteiger partial charge is 0.339 e. The highest BCUT2D eigenvalue weighted by Crippen LogP contribution is 2.19. The van der Waals surface area contributed by atoms with E-state index in [-0.39, 0.29) is 11.0 Å². The van der Waals surface area contributed by atoms with Crippen molar-refractivity contribution in [2.24, 2.45) is 5.41 Å². The molecule has 1 N–H and O–H groups in total. The van der Waals surface area contributed by atoms with Crippen LogP contribution in [0.1, 0.15) is 56.0 Å². The standard InChI is InChI=1S/C13H20N2O2/c1-5-6-10-9(12(16)17)8-14-11(15-10)7-13(2,3)4/h8H,5-7H2,1-4H3,(H,16,17). The number of aromatic carboxylic acids is 1. The van der Waals surface area contributed by atoms with E-state index in [0.717, 1.165) is 18.7 Å². The Morgan fingerprint density at radius 1 is 1.41 bits per heavy atom. The van der Waals surface area contributed by atoms with Gasteiger partial charge in [-0.05, 0) is 11.8 Å². The number of carbonyl (C=O) groups is 1. The Bertz CT molecular complexity index is 408. The van der Waals surface area contributed by atoms with Crippen LogP contribution in [0.5, 0.6) is 0 Å². The molecule has 1 heterocycles. The lowest BCUT2D eigenvalue weighted by molar-refractivity contribution is 0.0694. The quantitative estimate of drug-likeness (QED) is 0.873. The second-order valence-electron chi connectivity index (χ2n) is 5.44. The van der Waals surface area contributed by atoms with Crippen LogP contribution in [0.15, 0.2) is 6.20 Å². The maximum atomic E-state index is 11.0. The van der Waals surface area contributed by atoms with E-state index >= 15 is 0 Å². The average Bonchev–Trinajstić information content (AvgIpc) is 2.15. The molecule has 1 aromatic rings. The summed E-state index contributed by atoms with van der Waals surface area (Å²) in [5.74, 6) is -0.221. The Morgan fingerprint density at radius 2 is 2.06 bits per heavy atom. The molecule has 1 rings (SSSR count). The number of nitrogens with zero attached hydrogens (tertiary/aromatic N) is 2. The van der Waals surface area contributed by atoms with Crippen molar-refractivity contribution in [1.29, 1.82) is 0 Å². The first-order chi connectivity index (χ1) is 7.83. The molecule has 0 bridgehead atoms. The summed E-state index contributed by atoms with van der Waals surface area (Å²) < 4.78 is 0. The maximum absolute atomic E-state index is 11.0. The van der Waals surface area contributed by atoms with Crippen molar-refractivity contribution in [3.63, 3.8) is 0 Å². The maximum Gasteiger partial charge on any atom is 0.339 e. The third-order valence-corrected chi connectivity index (χ3v) is 2.32. The Balaban J connectivity index is 3.05. The van der Waals surface area contributed by atoms with Gasteiger partial charge in [-0.15, -0.1) is 0 Å². The Morgan fingerprint density at radius 3 is 2.53 bits per heavy atom. The number of hydrogen-bond donors (Lipinski definition) is 1. The molecule has 0 fully saturated rings. The van der Waals surface area contributed by atoms with Gasteiger partial charge in [-0.1, -0.05) is 34.1 Å². The van der Waals surface area contributed by atoms with E-state index in [0.29, 0.717) is 12.1 Å². The van der Waals surface area contributed by atoms with E-state index in [9.17, 15) is 4.79 Å². The lowest BCUT2D eigenvalue weighted by Gasteiger charge is -2.17. The molecular formula is C13H20N2O2. The van der Waals surface area contributed by atoms with Gasteiger partial charge in [0.1, 0.15) is 5.82 Å². The number of aromatic nitrogens is 2. The second kappa shape index (κ2) is 5.25. The van der Waals surface area contributed by atoms with Crippen LogP contribution in [0.3, 0.4) is 0 Å². The zero-order valence-electron chi connectivity index (χ0n) is 10.9. The zero-order valence-corrected chi connectivity index (χ0v) is 10.9. The molecule has 4 nitrogen and oxygen atoms in total. The summed E-state index contributed by atoms with van der Waals surface area (Å²) in [6, 6.07) is 0. The van der Waals surface area contributed by atoms with Crippen LogP contribution in [0, 0.1) is 5.41 Å². The molecule has 1 aromatic heterocycles. The molecule has 0 aliphatic rings. The SMILES string of the molecule is CCCc1nc(CC(C)(C)C)ncc1C(=O)O. The van der Waals surface area contributed by atoms with Gasteiger partial charge in [-0.2, -0.15) is 0 Å². The molecule has 0 aliphatic carbocycles. The summed E-state index contributed by atoms with van der Waals surface area (Å²) >= 11 is 0. The molecule has 0 unspecified atom stereocenters. The predicted octanol–water partition coefficient (Wildman–Crippen LogP) is 2.72. The van der Waals surface area contributed by atoms with Crippen molar-refractivity contribution in [3.8, 4) is 0 Å². The molecule has 0 aliphatic heterocycles. The third-order valence-electron chi connectivity index (χ3n) is 2.32. The molecule has 0 spiro atoms. The molecule has 0 radical (unpaired) electrons. The summed E-state index contributed by atoms with van der Waals surface area (Å²) in [5, 5.41) is 9.04. The second-order valence-corrected chi connectivity index (χ2v) is 5.44. The van der Waals surface area contributed by atoms with Gasteiger partial charge >= 0.3 is 5.97 Å². The highest BCUT2D eigenvalue weighted by Gasteiger charge is 2.17. The highest BCUT2D eigenvalue weighted by molar-refractivity contribution is 5.88. The number of aryl methyl sites for hydroxylation is 1. The number of hydrogen-bond acceptors (Lipinski definition) is 3. The highest BCUT2D eigenvalue weighted by atomic mass is 16.4. The fraction of sp³-hybridized carbons (Fsp3) is 0.615. The van der Waals surface area contributed by atoms with Gasteiger partial charge in [0.2, 0.25) is 0 Å². The van der Waals surface area contributed by atoms with Gasteiger partial charge in [0.25, 0.3) is 0 Å². The van der Waals surface area contributed by atoms with Crippen LogP contribution in [0.2, 0.25) is 0 Å². The Kier molecular flexibility index (Phi) is 4.21. The van der Waals surface area contributed by atoms with Crippen LogP contribution in [-0.4, -0.2) is 21.0 Å². The number of carboxylic acid groups (broad SMARTS) is 1. The minimum Gasteiger partial charge on any atom is -0.478 e. The summed E-state index contributed by atoms with van der Waals surface area (Å²) in [5.41, 5.74) is 0.979. The largest absolute Gasteiger partial charge is 0.478 e. The first kappa shape index (κ1) is 13.6. The van der Waals surface area contributed by atoms with Crippen molar-refractivity contribution in [2.45, 2.75) is 47.0 Å². The fourth-order valence-electron chi connectivity index (χ4n) is 1.62. The normalized spacial score (nSPS) is 11.5. The fourth-order valence-corrected chi connectivity index (χ4v) is 1.62. The summed E-state index contributed by atoms with van der Waals surface area (Å²) in [7, 11) is 0. The first-order valence-electron chi connectivity index (χ1n) is 5.91. The molecule has 0 amide bonds. The minimum absolute atomic E-state index is 0.105. The van der Waals surface area contributed by atoms with Crippen molar-refractivity contribution in [3.05, 3.63) is 23.3 Å². The summed E-state index contributed by atoms with van der Waals surface area (Å²) in [4.78, 5) is 19.5. The average molecular weight is 236 g/mol. The molecule has 4 heteroatoms. The van der Waals surface area contributed by atoms with Gasteiger partial charge in [0.05, 0.1) is 11.3 Å². The molecule has 0 saturated carbocycles. The van der Waals surface area contributed by atoms with Crippen LogP contribution >= 0.6 is 0 Å². The van der Waals surface area contributed by atoms with E-state index in [2.05, 4.69) is 30.7 Å². The van der Waals surface area contributed by atoms with E-state index in [4.69, 9.17) is 5.11 Å². The van der Waals surface area contributed by atoms with Crippen molar-refractivity contribution < 1.29 is 9.90 Å². The lowest BCUT2D eigenvalue weighted by atomic mass is 9.92.